The van der Waals surface area contributed by atoms with Gasteiger partial charge in [-0.3, -0.25) is 9.13 Å². The summed E-state index contributed by atoms with van der Waals surface area (Å²) in [7, 11) is 0. The molecule has 0 aliphatic heterocycles. The van der Waals surface area contributed by atoms with E-state index in [1.54, 1.807) is 33.8 Å². The largest absolute Gasteiger partial charge is 0.328 e. The number of nitriles is 1. The summed E-state index contributed by atoms with van der Waals surface area (Å²) in [6, 6.07) is 15.4. The standard InChI is InChI=1S/C21H15N7O/c1-13-3-2-4-15(7-13)11-27-19-17(25-21(27)29)10-23-20(26-19)28-12-24-16-8-14(9-22)5-6-18(16)28/h2-8,10,12H,11H2,1H3,(H,25,29). The van der Waals surface area contributed by atoms with E-state index in [1.807, 2.05) is 37.3 Å². The molecule has 3 heterocycles. The number of hydrogen-bond acceptors (Lipinski definition) is 5. The Balaban J connectivity index is 1.64. The van der Waals surface area contributed by atoms with Gasteiger partial charge < -0.3 is 4.98 Å². The molecule has 0 fully saturated rings. The molecule has 3 aromatic heterocycles. The quantitative estimate of drug-likeness (QED) is 0.517. The number of benzene rings is 2. The average molecular weight is 381 g/mol. The van der Waals surface area contributed by atoms with Gasteiger partial charge in [-0.05, 0) is 30.7 Å². The smallest absolute Gasteiger partial charge is 0.303 e. The number of nitrogens with one attached hydrogen (secondary N) is 1. The molecule has 29 heavy (non-hydrogen) atoms. The van der Waals surface area contributed by atoms with Gasteiger partial charge in [0.05, 0.1) is 35.4 Å². The molecule has 2 aromatic carbocycles. The molecule has 0 amide bonds. The van der Waals surface area contributed by atoms with Crippen molar-refractivity contribution in [2.75, 3.05) is 0 Å². The Kier molecular flexibility index (Phi) is 3.74. The van der Waals surface area contributed by atoms with Crippen LogP contribution < -0.4 is 5.69 Å². The Bertz CT molecular complexity index is 1480. The molecule has 0 saturated carbocycles. The zero-order chi connectivity index (χ0) is 20.0. The van der Waals surface area contributed by atoms with Crippen molar-refractivity contribution in [1.82, 2.24) is 29.1 Å². The normalized spacial score (nSPS) is 11.2. The molecule has 0 radical (unpaired) electrons. The van der Waals surface area contributed by atoms with Crippen LogP contribution in [0.15, 0.2) is 59.8 Å². The number of nitrogens with zero attached hydrogens (tertiary/aromatic N) is 6. The lowest BCUT2D eigenvalue weighted by molar-refractivity contribution is 0.774. The molecule has 0 aliphatic carbocycles. The fourth-order valence-corrected chi connectivity index (χ4v) is 3.43. The second-order valence-electron chi connectivity index (χ2n) is 6.84. The lowest BCUT2D eigenvalue weighted by atomic mass is 10.1. The van der Waals surface area contributed by atoms with E-state index in [2.05, 4.69) is 26.0 Å². The van der Waals surface area contributed by atoms with Gasteiger partial charge in [-0.2, -0.15) is 10.2 Å². The van der Waals surface area contributed by atoms with E-state index < -0.39 is 0 Å². The van der Waals surface area contributed by atoms with Gasteiger partial charge in [0.15, 0.2) is 5.65 Å². The summed E-state index contributed by atoms with van der Waals surface area (Å²) in [4.78, 5) is 28.7. The summed E-state index contributed by atoms with van der Waals surface area (Å²) < 4.78 is 3.34. The number of aryl methyl sites for hydroxylation is 1. The first-order valence-corrected chi connectivity index (χ1v) is 9.01. The van der Waals surface area contributed by atoms with Crippen molar-refractivity contribution in [3.8, 4) is 12.0 Å². The van der Waals surface area contributed by atoms with Crippen LogP contribution in [0.5, 0.6) is 0 Å². The van der Waals surface area contributed by atoms with Gasteiger partial charge in [-0.15, -0.1) is 0 Å². The maximum absolute atomic E-state index is 12.5. The van der Waals surface area contributed by atoms with Crippen LogP contribution in [0.2, 0.25) is 0 Å². The Hall–Kier alpha value is -4.25. The van der Waals surface area contributed by atoms with Crippen molar-refractivity contribution < 1.29 is 0 Å². The van der Waals surface area contributed by atoms with Crippen molar-refractivity contribution in [3.05, 3.63) is 82.2 Å². The van der Waals surface area contributed by atoms with Crippen molar-refractivity contribution >= 4 is 22.2 Å². The van der Waals surface area contributed by atoms with E-state index in [9.17, 15) is 4.79 Å². The van der Waals surface area contributed by atoms with Gasteiger partial charge >= 0.3 is 5.69 Å². The predicted octanol–water partition coefficient (Wildman–Crippen LogP) is 2.69. The number of fused-ring (bicyclic) bond motifs is 2. The first kappa shape index (κ1) is 16.9. The topological polar surface area (TPSA) is 105 Å². The number of aromatic amines is 1. The van der Waals surface area contributed by atoms with E-state index in [1.165, 1.54) is 0 Å². The maximum Gasteiger partial charge on any atom is 0.328 e. The third-order valence-corrected chi connectivity index (χ3v) is 4.81. The number of rotatable bonds is 3. The Morgan fingerprint density at radius 2 is 2.07 bits per heavy atom. The Morgan fingerprint density at radius 3 is 2.90 bits per heavy atom. The maximum atomic E-state index is 12.5. The van der Waals surface area contributed by atoms with E-state index in [4.69, 9.17) is 5.26 Å². The van der Waals surface area contributed by atoms with Crippen molar-refractivity contribution in [1.29, 1.82) is 5.26 Å². The van der Waals surface area contributed by atoms with Gasteiger partial charge in [-0.1, -0.05) is 29.8 Å². The second kappa shape index (κ2) is 6.42. The van der Waals surface area contributed by atoms with Crippen LogP contribution in [0, 0.1) is 18.3 Å². The number of aromatic nitrogens is 6. The average Bonchev–Trinajstić information content (AvgIpc) is 3.28. The Morgan fingerprint density at radius 1 is 1.17 bits per heavy atom. The summed E-state index contributed by atoms with van der Waals surface area (Å²) in [6.45, 7) is 2.43. The van der Waals surface area contributed by atoms with Gasteiger partial charge in [-0.25, -0.2) is 14.8 Å². The molecular formula is C21H15N7O. The van der Waals surface area contributed by atoms with Crippen LogP contribution >= 0.6 is 0 Å². The Labute approximate surface area is 164 Å². The molecular weight excluding hydrogens is 366 g/mol. The molecule has 0 unspecified atom stereocenters. The highest BCUT2D eigenvalue weighted by atomic mass is 16.1. The van der Waals surface area contributed by atoms with Crippen LogP contribution in [-0.2, 0) is 6.54 Å². The van der Waals surface area contributed by atoms with Crippen LogP contribution in [0.1, 0.15) is 16.7 Å². The zero-order valence-corrected chi connectivity index (χ0v) is 15.5. The highest BCUT2D eigenvalue weighted by molar-refractivity contribution is 5.79. The highest BCUT2D eigenvalue weighted by Gasteiger charge is 2.13. The molecule has 0 bridgehead atoms. The van der Waals surface area contributed by atoms with Gasteiger partial charge in [0, 0.05) is 0 Å². The van der Waals surface area contributed by atoms with Crippen molar-refractivity contribution in [3.63, 3.8) is 0 Å². The minimum Gasteiger partial charge on any atom is -0.303 e. The first-order valence-electron chi connectivity index (χ1n) is 9.01. The third-order valence-electron chi connectivity index (χ3n) is 4.81. The van der Waals surface area contributed by atoms with Crippen molar-refractivity contribution in [2.45, 2.75) is 13.5 Å². The van der Waals surface area contributed by atoms with Gasteiger partial charge in [0.2, 0.25) is 5.95 Å². The molecule has 0 atom stereocenters. The minimum atomic E-state index is -0.234. The van der Waals surface area contributed by atoms with E-state index in [0.717, 1.165) is 16.6 Å². The molecule has 8 nitrogen and oxygen atoms in total. The fraction of sp³-hybridized carbons (Fsp3) is 0.0952. The molecule has 5 rings (SSSR count). The molecule has 0 saturated heterocycles. The van der Waals surface area contributed by atoms with Crippen LogP contribution in [0.4, 0.5) is 0 Å². The SMILES string of the molecule is Cc1cccc(Cn2c(=O)[nH]c3cnc(-n4cnc5cc(C#N)ccc54)nc32)c1. The summed E-state index contributed by atoms with van der Waals surface area (Å²) in [6.07, 6.45) is 3.21. The van der Waals surface area contributed by atoms with E-state index >= 15 is 0 Å². The number of hydrogen-bond donors (Lipinski definition) is 1. The summed E-state index contributed by atoms with van der Waals surface area (Å²) >= 11 is 0. The molecule has 140 valence electrons. The minimum absolute atomic E-state index is 0.234. The molecule has 1 N–H and O–H groups in total. The summed E-state index contributed by atoms with van der Waals surface area (Å²) in [5.41, 5.74) is 5.02. The monoisotopic (exact) mass is 381 g/mol. The van der Waals surface area contributed by atoms with Crippen LogP contribution in [-0.4, -0.2) is 29.1 Å². The van der Waals surface area contributed by atoms with E-state index in [-0.39, 0.29) is 5.69 Å². The van der Waals surface area contributed by atoms with Gasteiger partial charge in [0.1, 0.15) is 11.8 Å². The fourth-order valence-electron chi connectivity index (χ4n) is 3.43. The highest BCUT2D eigenvalue weighted by Crippen LogP contribution is 2.19. The lowest BCUT2D eigenvalue weighted by Crippen LogP contribution is -2.18. The molecule has 0 aliphatic rings. The lowest BCUT2D eigenvalue weighted by Gasteiger charge is -2.06. The second-order valence-corrected chi connectivity index (χ2v) is 6.84. The molecule has 5 aromatic rings. The van der Waals surface area contributed by atoms with E-state index in [0.29, 0.717) is 34.7 Å². The van der Waals surface area contributed by atoms with Gasteiger partial charge in [0.25, 0.3) is 0 Å². The first-order chi connectivity index (χ1) is 14.1. The number of imidazole rings is 2. The predicted molar refractivity (Wildman–Crippen MR) is 108 cm³/mol. The number of H-pyrrole nitrogens is 1. The molecule has 8 heteroatoms. The summed E-state index contributed by atoms with van der Waals surface area (Å²) in [5, 5.41) is 9.07. The van der Waals surface area contributed by atoms with Crippen LogP contribution in [0.25, 0.3) is 28.1 Å². The third kappa shape index (κ3) is 2.85. The van der Waals surface area contributed by atoms with Crippen LogP contribution in [0.3, 0.4) is 0 Å². The van der Waals surface area contributed by atoms with Crippen molar-refractivity contribution in [2.24, 2.45) is 0 Å². The summed E-state index contributed by atoms with van der Waals surface area (Å²) in [5.74, 6) is 0.404. The zero-order valence-electron chi connectivity index (χ0n) is 15.5. The molecule has 0 spiro atoms.